The second-order valence-corrected chi connectivity index (χ2v) is 4.23. The molecule has 0 aliphatic carbocycles. The quantitative estimate of drug-likeness (QED) is 0.412. The van der Waals surface area contributed by atoms with Gasteiger partial charge in [0, 0.05) is 24.6 Å². The number of rotatable bonds is 6. The molecule has 0 atom stereocenters. The van der Waals surface area contributed by atoms with Gasteiger partial charge in [0.05, 0.1) is 0 Å². The Hall–Kier alpha value is -0.640. The highest BCUT2D eigenvalue weighted by atomic mass is 127. The molecule has 0 N–H and O–H groups in total. The van der Waals surface area contributed by atoms with Crippen LogP contribution in [-0.2, 0) is 0 Å². The minimum absolute atomic E-state index is 0. The van der Waals surface area contributed by atoms with Crippen LogP contribution in [0.1, 0.15) is 52.1 Å². The summed E-state index contributed by atoms with van der Waals surface area (Å²) in [6.45, 7) is 6.43. The van der Waals surface area contributed by atoms with Crippen molar-refractivity contribution in [2.24, 2.45) is 0 Å². The molecule has 100 valence electrons. The topological polar surface area (TPSA) is 3.88 Å². The normalized spacial score (nSPS) is 11.6. The first kappa shape index (κ1) is 17.4. The highest BCUT2D eigenvalue weighted by Crippen LogP contribution is 2.10. The maximum absolute atomic E-state index is 2.29. The minimum Gasteiger partial charge on any atom is -1.00 e. The summed E-state index contributed by atoms with van der Waals surface area (Å²) in [4.78, 5) is 0. The van der Waals surface area contributed by atoms with Gasteiger partial charge in [0.15, 0.2) is 11.9 Å². The summed E-state index contributed by atoms with van der Waals surface area (Å²) < 4.78 is 2.29. The van der Waals surface area contributed by atoms with Gasteiger partial charge in [0.1, 0.15) is 0 Å². The second kappa shape index (κ2) is 10.3. The number of halogens is 1. The van der Waals surface area contributed by atoms with Crippen LogP contribution >= 0.6 is 0 Å². The Labute approximate surface area is 129 Å². The van der Waals surface area contributed by atoms with E-state index < -0.39 is 0 Å². The largest absolute Gasteiger partial charge is 1.00 e. The highest BCUT2D eigenvalue weighted by Gasteiger charge is 2.12. The van der Waals surface area contributed by atoms with Crippen LogP contribution in [0.25, 0.3) is 11.8 Å². The molecule has 1 aromatic heterocycles. The molecule has 0 amide bonds. The van der Waals surface area contributed by atoms with Gasteiger partial charge in [-0.1, -0.05) is 25.8 Å². The van der Waals surface area contributed by atoms with Gasteiger partial charge < -0.3 is 24.0 Å². The number of hydrogen-bond acceptors (Lipinski definition) is 0. The van der Waals surface area contributed by atoms with Gasteiger partial charge in [-0.05, 0) is 32.4 Å². The van der Waals surface area contributed by atoms with Gasteiger partial charge in [-0.25, -0.2) is 0 Å². The molecule has 0 unspecified atom stereocenters. The summed E-state index contributed by atoms with van der Waals surface area (Å²) in [5.74, 6) is 0. The number of allylic oxidation sites excluding steroid dienone is 3. The molecule has 0 fully saturated rings. The van der Waals surface area contributed by atoms with E-state index in [0.717, 1.165) is 6.42 Å². The summed E-state index contributed by atoms with van der Waals surface area (Å²) >= 11 is 0. The number of hydrogen-bond donors (Lipinski definition) is 0. The highest BCUT2D eigenvalue weighted by molar-refractivity contribution is 5.43. The average Bonchev–Trinajstić information content (AvgIpc) is 2.36. The molecule has 0 saturated heterocycles. The molecule has 0 aromatic carbocycles. The lowest BCUT2D eigenvalue weighted by atomic mass is 10.1. The van der Waals surface area contributed by atoms with Crippen molar-refractivity contribution in [3.63, 3.8) is 0 Å². The van der Waals surface area contributed by atoms with Crippen LogP contribution in [0.3, 0.4) is 0 Å². The molecule has 1 nitrogen and oxygen atoms in total. The van der Waals surface area contributed by atoms with Crippen LogP contribution in [0.5, 0.6) is 0 Å². The molecule has 0 aliphatic heterocycles. The predicted octanol–water partition coefficient (Wildman–Crippen LogP) is 1.45. The molecular weight excluding hydrogens is 333 g/mol. The van der Waals surface area contributed by atoms with Crippen molar-refractivity contribution in [1.29, 1.82) is 0 Å². The van der Waals surface area contributed by atoms with Crippen LogP contribution in [0, 0.1) is 0 Å². The maximum Gasteiger partial charge on any atom is 0.210 e. The van der Waals surface area contributed by atoms with E-state index >= 15 is 0 Å². The number of unbranched alkanes of at least 4 members (excludes halogenated alkanes) is 2. The molecule has 0 saturated carbocycles. The standard InChI is InChI=1S/C16H24N.HI/c1-4-7-8-12-15(6-3)17-14-10-9-13-16(17)11-5-2;/h5-6,9-11,13-14H,4,7-8,12H2,1-3H3;1H/q+1;/p-1. The first-order valence-electron chi connectivity index (χ1n) is 6.62. The van der Waals surface area contributed by atoms with Crippen molar-refractivity contribution >= 4 is 11.8 Å². The van der Waals surface area contributed by atoms with E-state index in [1.165, 1.54) is 30.7 Å². The van der Waals surface area contributed by atoms with Crippen molar-refractivity contribution in [3.05, 3.63) is 42.2 Å². The van der Waals surface area contributed by atoms with Crippen LogP contribution in [0.4, 0.5) is 0 Å². The minimum atomic E-state index is 0. The number of pyridine rings is 1. The van der Waals surface area contributed by atoms with Crippen molar-refractivity contribution < 1.29 is 28.5 Å². The summed E-state index contributed by atoms with van der Waals surface area (Å²) in [6, 6.07) is 6.34. The smallest absolute Gasteiger partial charge is 0.210 e. The maximum atomic E-state index is 2.29. The average molecular weight is 357 g/mol. The van der Waals surface area contributed by atoms with E-state index in [9.17, 15) is 0 Å². The third-order valence-corrected chi connectivity index (χ3v) is 2.91. The van der Waals surface area contributed by atoms with E-state index in [-0.39, 0.29) is 24.0 Å². The molecule has 2 heteroatoms. The third-order valence-electron chi connectivity index (χ3n) is 2.91. The fourth-order valence-electron chi connectivity index (χ4n) is 1.98. The Balaban J connectivity index is 0.00000289. The zero-order valence-electron chi connectivity index (χ0n) is 11.7. The van der Waals surface area contributed by atoms with Gasteiger partial charge in [0.2, 0.25) is 5.69 Å². The lowest BCUT2D eigenvalue weighted by Gasteiger charge is -2.03. The SMILES string of the molecule is CC=Cc1cccc[n+]1C(=CC)CCCCC.[I-]. The summed E-state index contributed by atoms with van der Waals surface area (Å²) in [5.41, 5.74) is 2.65. The molecule has 0 aliphatic rings. The van der Waals surface area contributed by atoms with Crippen molar-refractivity contribution in [3.8, 4) is 0 Å². The molecule has 1 aromatic rings. The Morgan fingerprint density at radius 2 is 2.00 bits per heavy atom. The molecule has 18 heavy (non-hydrogen) atoms. The van der Waals surface area contributed by atoms with E-state index in [4.69, 9.17) is 0 Å². The zero-order valence-corrected chi connectivity index (χ0v) is 13.9. The van der Waals surface area contributed by atoms with Crippen molar-refractivity contribution in [2.75, 3.05) is 0 Å². The van der Waals surface area contributed by atoms with E-state index in [1.54, 1.807) is 0 Å². The Bertz CT molecular complexity index is 394. The Morgan fingerprint density at radius 3 is 2.61 bits per heavy atom. The van der Waals surface area contributed by atoms with Crippen molar-refractivity contribution in [1.82, 2.24) is 0 Å². The second-order valence-electron chi connectivity index (χ2n) is 4.23. The van der Waals surface area contributed by atoms with E-state index in [2.05, 4.69) is 68.0 Å². The monoisotopic (exact) mass is 357 g/mol. The number of aromatic nitrogens is 1. The van der Waals surface area contributed by atoms with Gasteiger partial charge in [-0.3, -0.25) is 0 Å². The van der Waals surface area contributed by atoms with Gasteiger partial charge >= 0.3 is 0 Å². The van der Waals surface area contributed by atoms with Crippen LogP contribution in [0.2, 0.25) is 0 Å². The molecule has 1 heterocycles. The predicted molar refractivity (Wildman–Crippen MR) is 75.4 cm³/mol. The van der Waals surface area contributed by atoms with Gasteiger partial charge in [-0.15, -0.1) is 0 Å². The van der Waals surface area contributed by atoms with Crippen LogP contribution in [-0.4, -0.2) is 0 Å². The Morgan fingerprint density at radius 1 is 1.22 bits per heavy atom. The summed E-state index contributed by atoms with van der Waals surface area (Å²) in [5, 5.41) is 0. The van der Waals surface area contributed by atoms with E-state index in [0.29, 0.717) is 0 Å². The van der Waals surface area contributed by atoms with Crippen LogP contribution < -0.4 is 28.5 Å². The fourth-order valence-corrected chi connectivity index (χ4v) is 1.98. The van der Waals surface area contributed by atoms with E-state index in [1.807, 2.05) is 0 Å². The lowest BCUT2D eigenvalue weighted by molar-refractivity contribution is -0.585. The first-order chi connectivity index (χ1) is 8.33. The molecule has 0 bridgehead atoms. The first-order valence-corrected chi connectivity index (χ1v) is 6.62. The van der Waals surface area contributed by atoms with Crippen molar-refractivity contribution in [2.45, 2.75) is 46.5 Å². The summed E-state index contributed by atoms with van der Waals surface area (Å²) in [7, 11) is 0. The van der Waals surface area contributed by atoms with Gasteiger partial charge in [0.25, 0.3) is 0 Å². The molecular formula is C16H24IN. The Kier molecular flexibility index (Phi) is 9.93. The molecule has 1 rings (SSSR count). The number of nitrogens with zero attached hydrogens (tertiary/aromatic N) is 1. The molecule has 0 radical (unpaired) electrons. The fraction of sp³-hybridized carbons (Fsp3) is 0.438. The third kappa shape index (κ3) is 5.34. The zero-order chi connectivity index (χ0) is 12.5. The lowest BCUT2D eigenvalue weighted by Crippen LogP contribution is -3.00. The van der Waals surface area contributed by atoms with Crippen LogP contribution in [0.15, 0.2) is 36.5 Å². The summed E-state index contributed by atoms with van der Waals surface area (Å²) in [6.07, 6.45) is 13.6. The molecule has 0 spiro atoms. The van der Waals surface area contributed by atoms with Gasteiger partial charge in [-0.2, -0.15) is 4.57 Å².